The lowest BCUT2D eigenvalue weighted by Crippen LogP contribution is -2.60. The minimum Gasteiger partial charge on any atom is -0.491 e. The topological polar surface area (TPSA) is 147 Å². The highest BCUT2D eigenvalue weighted by Gasteiger charge is 2.77. The third-order valence-electron chi connectivity index (χ3n) is 9.02. The molecule has 6 amide bonds. The molecule has 2 aliphatic heterocycles. The van der Waals surface area contributed by atoms with Crippen LogP contribution in [0.5, 0.6) is 5.75 Å². The van der Waals surface area contributed by atoms with Crippen LogP contribution in [0.25, 0.3) is 0 Å². The largest absolute Gasteiger partial charge is 0.491 e. The molecule has 3 N–H and O–H groups in total. The van der Waals surface area contributed by atoms with Gasteiger partial charge in [0.15, 0.2) is 33.0 Å². The van der Waals surface area contributed by atoms with Gasteiger partial charge in [0, 0.05) is 5.92 Å². The Kier molecular flexibility index (Phi) is 7.44. The lowest BCUT2D eigenvalue weighted by atomic mass is 9.56. The van der Waals surface area contributed by atoms with Crippen LogP contribution in [0.2, 0.25) is 0 Å². The fraction of sp³-hybridized carbons (Fsp3) is 0.345. The molecule has 4 aliphatic rings. The minimum atomic E-state index is -2.70. The summed E-state index contributed by atoms with van der Waals surface area (Å²) in [5, 5.41) is 9.07. The second kappa shape index (κ2) is 10.7. The summed E-state index contributed by atoms with van der Waals surface area (Å²) in [7, 11) is 0. The second-order valence-corrected chi connectivity index (χ2v) is 12.4. The summed E-state index contributed by atoms with van der Waals surface area (Å²) >= 11 is 14.0. The average molecular weight is 688 g/mol. The molecule has 6 atom stereocenters. The van der Waals surface area contributed by atoms with Gasteiger partial charge in [0.2, 0.25) is 17.6 Å². The molecule has 242 valence electrons. The average Bonchev–Trinajstić information content (AvgIpc) is 3.37. The van der Waals surface area contributed by atoms with E-state index < -0.39 is 104 Å². The number of aliphatic hydroxyl groups excluding tert-OH is 1. The molecule has 6 rings (SSSR count). The molecular formula is C29H20Cl2F5N3O7. The standard InChI is InChI=1S/C29H20Cl2F5N3O7/c30-28-9-14-12(5-6-13-15(14)24(42)39(23(13)41)27(37)45)16(10-1-3-11(4-2-10)46-8-7-40)29(28,31)26(44)38(25(28)43)22-20(35)18(33)17(32)19(34)21(22)36/h1-5,13-16,40H,6-9H2,(H2,37,45)/t13-,14+,15-,16-,28+,29-/m0/s1. The molecule has 2 heterocycles. The van der Waals surface area contributed by atoms with Crippen LogP contribution >= 0.6 is 23.2 Å². The van der Waals surface area contributed by atoms with Gasteiger partial charge < -0.3 is 15.6 Å². The number of anilines is 1. The number of primary amides is 1. The molecule has 3 fully saturated rings. The molecule has 46 heavy (non-hydrogen) atoms. The number of halogens is 7. The molecule has 1 saturated carbocycles. The van der Waals surface area contributed by atoms with E-state index in [4.69, 9.17) is 38.8 Å². The van der Waals surface area contributed by atoms with Crippen molar-refractivity contribution in [3.05, 3.63) is 70.6 Å². The fourth-order valence-electron chi connectivity index (χ4n) is 7.08. The lowest BCUT2D eigenvalue weighted by Gasteiger charge is -2.50. The van der Waals surface area contributed by atoms with Crippen molar-refractivity contribution in [1.29, 1.82) is 0 Å². The quantitative estimate of drug-likeness (QED) is 0.122. The number of fused-ring (bicyclic) bond motifs is 4. The smallest absolute Gasteiger partial charge is 0.328 e. The van der Waals surface area contributed by atoms with Crippen molar-refractivity contribution >= 4 is 58.5 Å². The summed E-state index contributed by atoms with van der Waals surface area (Å²) in [5.41, 5.74) is 3.73. The number of alkyl halides is 2. The van der Waals surface area contributed by atoms with Gasteiger partial charge in [-0.15, -0.1) is 23.2 Å². The highest BCUT2D eigenvalue weighted by molar-refractivity contribution is 6.58. The number of carbonyl (C=O) groups excluding carboxylic acids is 5. The van der Waals surface area contributed by atoms with Gasteiger partial charge in [-0.05, 0) is 36.5 Å². The Morgan fingerprint density at radius 3 is 2.07 bits per heavy atom. The zero-order valence-electron chi connectivity index (χ0n) is 23.0. The zero-order valence-corrected chi connectivity index (χ0v) is 24.6. The normalized spacial score (nSPS) is 30.3. The first-order chi connectivity index (χ1) is 21.6. The number of hydrogen-bond acceptors (Lipinski definition) is 7. The van der Waals surface area contributed by atoms with Crippen LogP contribution in [-0.2, 0) is 19.2 Å². The molecule has 0 spiro atoms. The van der Waals surface area contributed by atoms with Crippen molar-refractivity contribution in [1.82, 2.24) is 4.90 Å². The van der Waals surface area contributed by atoms with E-state index in [-0.39, 0.29) is 46.3 Å². The highest BCUT2D eigenvalue weighted by Crippen LogP contribution is 2.66. The molecule has 2 aliphatic carbocycles. The van der Waals surface area contributed by atoms with Crippen LogP contribution in [-0.4, -0.2) is 62.6 Å². The van der Waals surface area contributed by atoms with E-state index >= 15 is 8.78 Å². The molecule has 17 heteroatoms. The number of nitrogens with zero attached hydrogens (tertiary/aromatic N) is 2. The molecular weight excluding hydrogens is 668 g/mol. The van der Waals surface area contributed by atoms with E-state index in [2.05, 4.69) is 0 Å². The molecule has 10 nitrogen and oxygen atoms in total. The minimum absolute atomic E-state index is 0.0837. The van der Waals surface area contributed by atoms with Crippen molar-refractivity contribution in [2.24, 2.45) is 23.5 Å². The van der Waals surface area contributed by atoms with Gasteiger partial charge >= 0.3 is 6.03 Å². The maximum absolute atomic E-state index is 15.1. The Morgan fingerprint density at radius 2 is 1.50 bits per heavy atom. The van der Waals surface area contributed by atoms with Crippen molar-refractivity contribution in [2.45, 2.75) is 28.5 Å². The SMILES string of the molecule is NC(=O)N1C(=O)[C@H]2[C@H](CC=C3[C@H]2C[C@@]2(Cl)C(=O)N(c4c(F)c(F)c(F)c(F)c4F)C(=O)[C@@]2(Cl)[C@H]3c2ccc(OCCO)cc2)C1=O. The molecule has 2 saturated heterocycles. The van der Waals surface area contributed by atoms with Gasteiger partial charge in [-0.3, -0.25) is 19.2 Å². The molecule has 2 aromatic rings. The number of hydrogen-bond donors (Lipinski definition) is 2. The van der Waals surface area contributed by atoms with Crippen LogP contribution < -0.4 is 15.4 Å². The summed E-state index contributed by atoms with van der Waals surface area (Å²) in [6, 6.07) is 4.24. The van der Waals surface area contributed by atoms with Gasteiger partial charge in [0.25, 0.3) is 11.8 Å². The molecule has 0 unspecified atom stereocenters. The van der Waals surface area contributed by atoms with Gasteiger partial charge in [-0.1, -0.05) is 23.8 Å². The molecule has 0 radical (unpaired) electrons. The van der Waals surface area contributed by atoms with Gasteiger partial charge in [-0.2, -0.15) is 4.90 Å². The Bertz CT molecular complexity index is 1760. The van der Waals surface area contributed by atoms with E-state index in [0.29, 0.717) is 0 Å². The molecule has 0 aromatic heterocycles. The number of aliphatic hydroxyl groups is 1. The fourth-order valence-corrected chi connectivity index (χ4v) is 8.01. The van der Waals surface area contributed by atoms with Crippen molar-refractivity contribution in [2.75, 3.05) is 18.1 Å². The van der Waals surface area contributed by atoms with Crippen molar-refractivity contribution in [3.8, 4) is 5.75 Å². The Balaban J connectivity index is 1.57. The predicted molar refractivity (Wildman–Crippen MR) is 147 cm³/mol. The van der Waals surface area contributed by atoms with Gasteiger partial charge in [-0.25, -0.2) is 31.6 Å². The molecule has 0 bridgehead atoms. The van der Waals surface area contributed by atoms with E-state index in [9.17, 15) is 37.1 Å². The molecule has 2 aromatic carbocycles. The Hall–Kier alpha value is -4.08. The Morgan fingerprint density at radius 1 is 0.913 bits per heavy atom. The zero-order chi connectivity index (χ0) is 33.6. The first-order valence-electron chi connectivity index (χ1n) is 13.6. The van der Waals surface area contributed by atoms with E-state index in [1.165, 1.54) is 30.3 Å². The second-order valence-electron chi connectivity index (χ2n) is 11.2. The van der Waals surface area contributed by atoms with Gasteiger partial charge in [0.05, 0.1) is 18.4 Å². The summed E-state index contributed by atoms with van der Waals surface area (Å²) in [5.74, 6) is -22.5. The van der Waals surface area contributed by atoms with Crippen LogP contribution in [0.4, 0.5) is 32.4 Å². The number of benzene rings is 2. The number of nitrogens with two attached hydrogens (primary N) is 1. The predicted octanol–water partition coefficient (Wildman–Crippen LogP) is 3.40. The number of imide groups is 4. The van der Waals surface area contributed by atoms with E-state index in [1.54, 1.807) is 0 Å². The van der Waals surface area contributed by atoms with Crippen LogP contribution in [0, 0.1) is 46.8 Å². The number of rotatable bonds is 5. The maximum atomic E-state index is 15.1. The third-order valence-corrected chi connectivity index (χ3v) is 10.4. The number of allylic oxidation sites excluding steroid dienone is 2. The summed E-state index contributed by atoms with van der Waals surface area (Å²) < 4.78 is 77.9. The van der Waals surface area contributed by atoms with Crippen molar-refractivity contribution < 1.29 is 55.8 Å². The van der Waals surface area contributed by atoms with Crippen LogP contribution in [0.3, 0.4) is 0 Å². The monoisotopic (exact) mass is 687 g/mol. The number of likely N-dealkylation sites (tertiary alicyclic amines) is 1. The van der Waals surface area contributed by atoms with Crippen LogP contribution in [0.1, 0.15) is 24.3 Å². The highest BCUT2D eigenvalue weighted by atomic mass is 35.5. The van der Waals surface area contributed by atoms with E-state index in [1.807, 2.05) is 0 Å². The number of amides is 6. The Labute approximate surface area is 265 Å². The lowest BCUT2D eigenvalue weighted by molar-refractivity contribution is -0.136. The number of carbonyl (C=O) groups is 5. The maximum Gasteiger partial charge on any atom is 0.328 e. The first-order valence-corrected chi connectivity index (χ1v) is 14.4. The van der Waals surface area contributed by atoms with Gasteiger partial charge in [0.1, 0.15) is 18.0 Å². The summed E-state index contributed by atoms with van der Waals surface area (Å²) in [6.45, 7) is -0.403. The summed E-state index contributed by atoms with van der Waals surface area (Å²) in [4.78, 5) is 61.2. The van der Waals surface area contributed by atoms with E-state index in [0.717, 1.165) is 0 Å². The summed E-state index contributed by atoms with van der Waals surface area (Å²) in [6.07, 6.45) is 0.605. The number of urea groups is 1. The third kappa shape index (κ3) is 4.00. The number of ether oxygens (including phenoxy) is 1. The first kappa shape index (κ1) is 31.9. The van der Waals surface area contributed by atoms with Crippen LogP contribution in [0.15, 0.2) is 35.9 Å². The van der Waals surface area contributed by atoms with Crippen molar-refractivity contribution in [3.63, 3.8) is 0 Å².